The molecule has 1 heterocycles. The minimum Gasteiger partial charge on any atom is -0.445 e. The normalized spacial score (nSPS) is 15.9. The second kappa shape index (κ2) is 17.1. The highest BCUT2D eigenvalue weighted by Gasteiger charge is 2.36. The van der Waals surface area contributed by atoms with Crippen LogP contribution in [-0.2, 0) is 48.4 Å². The molecule has 4 rings (SSSR count). The predicted molar refractivity (Wildman–Crippen MR) is 178 cm³/mol. The van der Waals surface area contributed by atoms with Gasteiger partial charge in [0.05, 0.1) is 6.04 Å². The number of rotatable bonds is 14. The number of carbonyl (C=O) groups is 4. The van der Waals surface area contributed by atoms with Crippen molar-refractivity contribution < 1.29 is 32.3 Å². The summed E-state index contributed by atoms with van der Waals surface area (Å²) < 4.78 is 28.9. The number of hydrogen-bond acceptors (Lipinski definition) is 7. The van der Waals surface area contributed by atoms with E-state index in [9.17, 15) is 27.6 Å². The minimum atomic E-state index is -3.46. The van der Waals surface area contributed by atoms with Crippen LogP contribution in [0.25, 0.3) is 0 Å². The first-order valence-corrected chi connectivity index (χ1v) is 17.3. The fourth-order valence-corrected chi connectivity index (χ4v) is 5.72. The van der Waals surface area contributed by atoms with Crippen LogP contribution >= 0.6 is 0 Å². The van der Waals surface area contributed by atoms with Gasteiger partial charge in [-0.2, -0.15) is 0 Å². The molecule has 3 unspecified atom stereocenters. The van der Waals surface area contributed by atoms with Crippen LogP contribution in [0, 0.1) is 0 Å². The number of likely N-dealkylation sites (tertiary alicyclic amines) is 1. The van der Waals surface area contributed by atoms with Gasteiger partial charge >= 0.3 is 6.09 Å². The van der Waals surface area contributed by atoms with Gasteiger partial charge in [0.25, 0.3) is 0 Å². The maximum absolute atomic E-state index is 13.7. The van der Waals surface area contributed by atoms with Crippen LogP contribution in [0.5, 0.6) is 0 Å². The van der Waals surface area contributed by atoms with Gasteiger partial charge in [0.1, 0.15) is 25.2 Å². The molecule has 12 heteroatoms. The van der Waals surface area contributed by atoms with Crippen molar-refractivity contribution in [3.8, 4) is 0 Å². The van der Waals surface area contributed by atoms with Crippen LogP contribution in [0.2, 0.25) is 0 Å². The van der Waals surface area contributed by atoms with Gasteiger partial charge in [0, 0.05) is 24.6 Å². The van der Waals surface area contributed by atoms with Crippen molar-refractivity contribution >= 4 is 33.7 Å². The van der Waals surface area contributed by atoms with Crippen molar-refractivity contribution in [2.45, 2.75) is 50.4 Å². The Bertz CT molecular complexity index is 1630. The summed E-state index contributed by atoms with van der Waals surface area (Å²) in [5.41, 5.74) is 2.49. The van der Waals surface area contributed by atoms with E-state index in [4.69, 9.17) is 4.74 Å². The maximum Gasteiger partial charge on any atom is 0.407 e. The van der Waals surface area contributed by atoms with Crippen molar-refractivity contribution in [3.63, 3.8) is 0 Å². The maximum atomic E-state index is 13.7. The Labute approximate surface area is 275 Å². The molecular formula is C35H40N4O7S. The molecule has 1 aliphatic heterocycles. The van der Waals surface area contributed by atoms with E-state index < -0.39 is 51.8 Å². The second-order valence-corrected chi connectivity index (χ2v) is 13.3. The summed E-state index contributed by atoms with van der Waals surface area (Å²) in [7, 11) is -3.46. The van der Waals surface area contributed by atoms with E-state index in [1.807, 2.05) is 91.0 Å². The third-order valence-electron chi connectivity index (χ3n) is 7.57. The van der Waals surface area contributed by atoms with Gasteiger partial charge in [0.2, 0.25) is 17.7 Å². The first-order valence-electron chi connectivity index (χ1n) is 15.4. The van der Waals surface area contributed by atoms with Crippen LogP contribution in [-0.4, -0.2) is 74.6 Å². The Kier molecular flexibility index (Phi) is 12.7. The molecule has 1 aliphatic rings. The molecule has 3 atom stereocenters. The molecule has 47 heavy (non-hydrogen) atoms. The SMILES string of the molecule is CS(=O)(=O)/C=C/C(Cc1ccccc1)NC(=O)C(Cc1ccccc1)NC(=O)C1CCCN1C(=O)CNC(=O)OCc1ccccc1. The largest absolute Gasteiger partial charge is 0.445 e. The van der Waals surface area contributed by atoms with Gasteiger partial charge in [-0.3, -0.25) is 14.4 Å². The number of nitrogens with zero attached hydrogens (tertiary/aromatic N) is 1. The Morgan fingerprint density at radius 2 is 1.43 bits per heavy atom. The molecule has 11 nitrogen and oxygen atoms in total. The molecule has 0 aromatic heterocycles. The highest BCUT2D eigenvalue weighted by atomic mass is 32.2. The van der Waals surface area contributed by atoms with E-state index >= 15 is 0 Å². The lowest BCUT2D eigenvalue weighted by Gasteiger charge is -2.27. The summed E-state index contributed by atoms with van der Waals surface area (Å²) in [6.07, 6.45) is 3.21. The Morgan fingerprint density at radius 3 is 2.02 bits per heavy atom. The van der Waals surface area contributed by atoms with Crippen molar-refractivity contribution in [1.82, 2.24) is 20.9 Å². The molecule has 1 fully saturated rings. The molecule has 0 saturated carbocycles. The Morgan fingerprint density at radius 1 is 0.851 bits per heavy atom. The Hall–Kier alpha value is -4.97. The number of nitrogens with one attached hydrogen (secondary N) is 3. The number of carbonyl (C=O) groups excluding carboxylic acids is 4. The Balaban J connectivity index is 1.42. The van der Waals surface area contributed by atoms with Crippen molar-refractivity contribution in [1.29, 1.82) is 0 Å². The van der Waals surface area contributed by atoms with E-state index in [1.165, 1.54) is 11.0 Å². The highest BCUT2D eigenvalue weighted by molar-refractivity contribution is 7.93. The van der Waals surface area contributed by atoms with Gasteiger partial charge < -0.3 is 25.6 Å². The molecule has 0 spiro atoms. The zero-order valence-corrected chi connectivity index (χ0v) is 27.0. The van der Waals surface area contributed by atoms with E-state index in [-0.39, 0.29) is 19.6 Å². The van der Waals surface area contributed by atoms with Gasteiger partial charge in [-0.1, -0.05) is 97.1 Å². The van der Waals surface area contributed by atoms with Crippen LogP contribution in [0.3, 0.4) is 0 Å². The smallest absolute Gasteiger partial charge is 0.407 e. The highest BCUT2D eigenvalue weighted by Crippen LogP contribution is 2.18. The topological polar surface area (TPSA) is 151 Å². The molecule has 0 bridgehead atoms. The van der Waals surface area contributed by atoms with Crippen molar-refractivity contribution in [2.24, 2.45) is 0 Å². The lowest BCUT2D eigenvalue weighted by Crippen LogP contribution is -2.55. The summed E-state index contributed by atoms with van der Waals surface area (Å²) in [5.74, 6) is -1.44. The van der Waals surface area contributed by atoms with Gasteiger partial charge in [-0.05, 0) is 36.0 Å². The lowest BCUT2D eigenvalue weighted by atomic mass is 10.0. The average Bonchev–Trinajstić information content (AvgIpc) is 3.56. The summed E-state index contributed by atoms with van der Waals surface area (Å²) in [6, 6.07) is 25.1. The van der Waals surface area contributed by atoms with Gasteiger partial charge in [-0.15, -0.1) is 0 Å². The molecule has 3 aromatic rings. The number of sulfone groups is 1. The fourth-order valence-electron chi connectivity index (χ4n) is 5.24. The van der Waals surface area contributed by atoms with Crippen LogP contribution < -0.4 is 16.0 Å². The number of ether oxygens (including phenoxy) is 1. The molecule has 0 aliphatic carbocycles. The van der Waals surface area contributed by atoms with Gasteiger partial charge in [0.15, 0.2) is 9.84 Å². The third-order valence-corrected chi connectivity index (χ3v) is 8.22. The molecule has 0 radical (unpaired) electrons. The summed E-state index contributed by atoms with van der Waals surface area (Å²) >= 11 is 0. The van der Waals surface area contributed by atoms with Crippen LogP contribution in [0.15, 0.2) is 102 Å². The zero-order valence-electron chi connectivity index (χ0n) is 26.2. The third kappa shape index (κ3) is 11.7. The van der Waals surface area contributed by atoms with E-state index in [1.54, 1.807) is 0 Å². The quantitative estimate of drug-likeness (QED) is 0.241. The number of amides is 4. The average molecular weight is 661 g/mol. The number of benzene rings is 3. The second-order valence-electron chi connectivity index (χ2n) is 11.4. The molecule has 248 valence electrons. The monoisotopic (exact) mass is 660 g/mol. The summed E-state index contributed by atoms with van der Waals surface area (Å²) in [6.45, 7) is 0.0263. The van der Waals surface area contributed by atoms with E-state index in [0.717, 1.165) is 28.4 Å². The van der Waals surface area contributed by atoms with Crippen molar-refractivity contribution in [3.05, 3.63) is 119 Å². The molecule has 4 amide bonds. The summed E-state index contributed by atoms with van der Waals surface area (Å²) in [5, 5.41) is 9.24. The predicted octanol–water partition coefficient (Wildman–Crippen LogP) is 2.92. The molecule has 3 aromatic carbocycles. The first kappa shape index (κ1) is 34.9. The standard InChI is InChI=1S/C35H40N4O7S/c1-47(44,45)21-19-29(22-26-12-5-2-6-13-26)37-33(41)30(23-27-14-7-3-8-15-27)38-34(42)31-18-11-20-39(31)32(40)24-36-35(43)46-25-28-16-9-4-10-17-28/h2-10,12-17,19,21,29-31H,11,18,20,22-25H2,1H3,(H,36,43)(H,37,41)(H,38,42)/b21-19+. The van der Waals surface area contributed by atoms with Crippen LogP contribution in [0.4, 0.5) is 4.79 Å². The van der Waals surface area contributed by atoms with E-state index in [0.29, 0.717) is 25.8 Å². The minimum absolute atomic E-state index is 0.0523. The molecule has 1 saturated heterocycles. The summed E-state index contributed by atoms with van der Waals surface area (Å²) in [4.78, 5) is 54.0. The zero-order chi connectivity index (χ0) is 33.6. The van der Waals surface area contributed by atoms with Crippen molar-refractivity contribution in [2.75, 3.05) is 19.3 Å². The van der Waals surface area contributed by atoms with Crippen LogP contribution in [0.1, 0.15) is 29.5 Å². The molecule has 3 N–H and O–H groups in total. The number of alkyl carbamates (subject to hydrolysis) is 1. The number of hydrogen-bond donors (Lipinski definition) is 3. The first-order chi connectivity index (χ1) is 22.6. The van der Waals surface area contributed by atoms with Gasteiger partial charge in [-0.25, -0.2) is 13.2 Å². The molecular weight excluding hydrogens is 620 g/mol. The van der Waals surface area contributed by atoms with E-state index in [2.05, 4.69) is 16.0 Å². The fraction of sp³-hybridized carbons (Fsp3) is 0.314. The lowest BCUT2D eigenvalue weighted by molar-refractivity contribution is -0.138.